The average Bonchev–Trinajstić information content (AvgIpc) is 2.87. The summed E-state index contributed by atoms with van der Waals surface area (Å²) in [4.78, 5) is 13.8. The summed E-state index contributed by atoms with van der Waals surface area (Å²) in [6, 6.07) is 3.34. The van der Waals surface area contributed by atoms with Gasteiger partial charge in [0.15, 0.2) is 0 Å². The summed E-state index contributed by atoms with van der Waals surface area (Å²) in [5.74, 6) is 0.526. The molecule has 2 rings (SSSR count). The summed E-state index contributed by atoms with van der Waals surface area (Å²) >= 11 is 11.8. The van der Waals surface area contributed by atoms with E-state index in [9.17, 15) is 4.79 Å². The van der Waals surface area contributed by atoms with E-state index in [4.69, 9.17) is 27.7 Å². The summed E-state index contributed by atoms with van der Waals surface area (Å²) in [7, 11) is 3.37. The highest BCUT2D eigenvalue weighted by molar-refractivity contribution is 6.41. The maximum Gasteiger partial charge on any atom is 0.270 e. The van der Waals surface area contributed by atoms with Crippen LogP contribution < -0.4 is 0 Å². The molecular weight excluding hydrogens is 289 g/mol. The first-order chi connectivity index (χ1) is 8.90. The van der Waals surface area contributed by atoms with Crippen molar-refractivity contribution in [2.75, 3.05) is 7.05 Å². The SMILES string of the molecule is Cc1cc(CN(C)C(=O)c2cc(Cl)c(Cl)n2C)no1. The van der Waals surface area contributed by atoms with Crippen LogP contribution in [0.5, 0.6) is 0 Å². The Morgan fingerprint density at radius 3 is 2.63 bits per heavy atom. The van der Waals surface area contributed by atoms with Crippen molar-refractivity contribution in [3.8, 4) is 0 Å². The standard InChI is InChI=1S/C12H13Cl2N3O2/c1-7-4-8(15-19-7)6-16(2)12(18)10-5-9(13)11(14)17(10)3/h4-5H,6H2,1-3H3. The Morgan fingerprint density at radius 2 is 2.16 bits per heavy atom. The first-order valence-corrected chi connectivity index (χ1v) is 6.34. The maximum atomic E-state index is 12.3. The highest BCUT2D eigenvalue weighted by atomic mass is 35.5. The zero-order chi connectivity index (χ0) is 14.2. The normalized spacial score (nSPS) is 10.8. The second kappa shape index (κ2) is 5.27. The van der Waals surface area contributed by atoms with Gasteiger partial charge < -0.3 is 14.0 Å². The van der Waals surface area contributed by atoms with Crippen LogP contribution in [0.3, 0.4) is 0 Å². The third-order valence-corrected chi connectivity index (χ3v) is 3.60. The molecule has 0 aliphatic heterocycles. The molecule has 0 aromatic carbocycles. The van der Waals surface area contributed by atoms with Crippen molar-refractivity contribution in [1.29, 1.82) is 0 Å². The number of aryl methyl sites for hydroxylation is 1. The van der Waals surface area contributed by atoms with Crippen LogP contribution >= 0.6 is 23.2 Å². The summed E-state index contributed by atoms with van der Waals surface area (Å²) in [6.07, 6.45) is 0. The van der Waals surface area contributed by atoms with Crippen LogP contribution in [0, 0.1) is 6.92 Å². The van der Waals surface area contributed by atoms with Crippen molar-refractivity contribution >= 4 is 29.1 Å². The molecule has 0 saturated carbocycles. The van der Waals surface area contributed by atoms with Crippen LogP contribution in [0.25, 0.3) is 0 Å². The number of hydrogen-bond donors (Lipinski definition) is 0. The zero-order valence-corrected chi connectivity index (χ0v) is 12.3. The summed E-state index contributed by atoms with van der Waals surface area (Å²) < 4.78 is 6.51. The first kappa shape index (κ1) is 14.0. The molecule has 0 bridgehead atoms. The number of halogens is 2. The van der Waals surface area contributed by atoms with Crippen LogP contribution in [0.2, 0.25) is 10.2 Å². The monoisotopic (exact) mass is 301 g/mol. The Morgan fingerprint density at radius 1 is 1.47 bits per heavy atom. The van der Waals surface area contributed by atoms with Gasteiger partial charge in [-0.2, -0.15) is 0 Å². The Labute approximate surface area is 120 Å². The van der Waals surface area contributed by atoms with Crippen molar-refractivity contribution in [1.82, 2.24) is 14.6 Å². The Kier molecular flexibility index (Phi) is 3.87. The third-order valence-electron chi connectivity index (χ3n) is 2.76. The molecular formula is C12H13Cl2N3O2. The van der Waals surface area contributed by atoms with E-state index < -0.39 is 0 Å². The number of amides is 1. The predicted molar refractivity (Wildman–Crippen MR) is 72.5 cm³/mol. The molecule has 0 spiro atoms. The maximum absolute atomic E-state index is 12.3. The number of rotatable bonds is 3. The molecule has 2 aromatic heterocycles. The van der Waals surface area contributed by atoms with E-state index in [1.54, 1.807) is 37.7 Å². The smallest absolute Gasteiger partial charge is 0.270 e. The first-order valence-electron chi connectivity index (χ1n) is 5.58. The highest BCUT2D eigenvalue weighted by Crippen LogP contribution is 2.25. The van der Waals surface area contributed by atoms with E-state index in [-0.39, 0.29) is 5.91 Å². The van der Waals surface area contributed by atoms with Gasteiger partial charge in [0.05, 0.1) is 11.6 Å². The zero-order valence-electron chi connectivity index (χ0n) is 10.8. The summed E-state index contributed by atoms with van der Waals surface area (Å²) in [6.45, 7) is 2.16. The van der Waals surface area contributed by atoms with Gasteiger partial charge in [0, 0.05) is 20.2 Å². The van der Waals surface area contributed by atoms with Crippen molar-refractivity contribution < 1.29 is 9.32 Å². The minimum absolute atomic E-state index is 0.183. The van der Waals surface area contributed by atoms with E-state index in [1.807, 2.05) is 0 Å². The molecule has 19 heavy (non-hydrogen) atoms. The molecule has 0 N–H and O–H groups in total. The van der Waals surface area contributed by atoms with E-state index in [1.165, 1.54) is 4.90 Å². The van der Waals surface area contributed by atoms with E-state index in [2.05, 4.69) is 5.16 Å². The van der Waals surface area contributed by atoms with Gasteiger partial charge in [-0.1, -0.05) is 28.4 Å². The van der Waals surface area contributed by atoms with Crippen molar-refractivity contribution in [3.63, 3.8) is 0 Å². The van der Waals surface area contributed by atoms with Gasteiger partial charge in [0.1, 0.15) is 22.3 Å². The Hall–Kier alpha value is -1.46. The van der Waals surface area contributed by atoms with Crippen LogP contribution in [-0.2, 0) is 13.6 Å². The van der Waals surface area contributed by atoms with Gasteiger partial charge >= 0.3 is 0 Å². The van der Waals surface area contributed by atoms with Gasteiger partial charge in [0.25, 0.3) is 5.91 Å². The molecule has 5 nitrogen and oxygen atoms in total. The lowest BCUT2D eigenvalue weighted by atomic mass is 10.3. The topological polar surface area (TPSA) is 51.3 Å². The van der Waals surface area contributed by atoms with Crippen molar-refractivity contribution in [2.45, 2.75) is 13.5 Å². The van der Waals surface area contributed by atoms with Gasteiger partial charge in [-0.3, -0.25) is 4.79 Å². The average molecular weight is 302 g/mol. The molecule has 7 heteroatoms. The van der Waals surface area contributed by atoms with Crippen LogP contribution in [0.4, 0.5) is 0 Å². The van der Waals surface area contributed by atoms with Gasteiger partial charge in [-0.15, -0.1) is 0 Å². The minimum Gasteiger partial charge on any atom is -0.361 e. The lowest BCUT2D eigenvalue weighted by molar-refractivity contribution is 0.0772. The minimum atomic E-state index is -0.183. The number of nitrogens with zero attached hydrogens (tertiary/aromatic N) is 3. The Bertz CT molecular complexity index is 619. The third kappa shape index (κ3) is 2.77. The Balaban J connectivity index is 2.17. The highest BCUT2D eigenvalue weighted by Gasteiger charge is 2.20. The number of carbonyl (C=O) groups is 1. The second-order valence-corrected chi connectivity index (χ2v) is 5.08. The molecule has 0 fully saturated rings. The molecule has 0 unspecified atom stereocenters. The van der Waals surface area contributed by atoms with Crippen LogP contribution in [0.15, 0.2) is 16.7 Å². The van der Waals surface area contributed by atoms with E-state index in [0.29, 0.717) is 33.9 Å². The van der Waals surface area contributed by atoms with Crippen LogP contribution in [-0.4, -0.2) is 27.6 Å². The molecule has 0 aliphatic carbocycles. The molecule has 1 amide bonds. The summed E-state index contributed by atoms with van der Waals surface area (Å²) in [5.41, 5.74) is 1.12. The number of carbonyl (C=O) groups excluding carboxylic acids is 1. The quantitative estimate of drug-likeness (QED) is 0.876. The molecule has 2 heterocycles. The van der Waals surface area contributed by atoms with E-state index >= 15 is 0 Å². The molecule has 0 aliphatic rings. The fourth-order valence-corrected chi connectivity index (χ4v) is 2.13. The second-order valence-electron chi connectivity index (χ2n) is 4.32. The van der Waals surface area contributed by atoms with Gasteiger partial charge in [-0.05, 0) is 13.0 Å². The van der Waals surface area contributed by atoms with Crippen molar-refractivity contribution in [3.05, 3.63) is 39.5 Å². The lowest BCUT2D eigenvalue weighted by Crippen LogP contribution is -2.28. The van der Waals surface area contributed by atoms with Crippen molar-refractivity contribution in [2.24, 2.45) is 7.05 Å². The fourth-order valence-electron chi connectivity index (χ4n) is 1.75. The molecule has 2 aromatic rings. The van der Waals surface area contributed by atoms with Gasteiger partial charge in [-0.25, -0.2) is 0 Å². The molecule has 0 saturated heterocycles. The lowest BCUT2D eigenvalue weighted by Gasteiger charge is -2.15. The predicted octanol–water partition coefficient (Wildman–Crippen LogP) is 2.90. The molecule has 0 atom stereocenters. The molecule has 102 valence electrons. The fraction of sp³-hybridized carbons (Fsp3) is 0.333. The van der Waals surface area contributed by atoms with Crippen LogP contribution in [0.1, 0.15) is 21.9 Å². The molecule has 0 radical (unpaired) electrons. The van der Waals surface area contributed by atoms with E-state index in [0.717, 1.165) is 0 Å². The number of aromatic nitrogens is 2. The summed E-state index contributed by atoms with van der Waals surface area (Å²) in [5, 5.41) is 4.55. The largest absolute Gasteiger partial charge is 0.361 e. The van der Waals surface area contributed by atoms with Gasteiger partial charge in [0.2, 0.25) is 0 Å². The number of hydrogen-bond acceptors (Lipinski definition) is 3.